The normalized spacial score (nSPS) is 13.2. The molecule has 0 saturated carbocycles. The summed E-state index contributed by atoms with van der Waals surface area (Å²) in [6.45, 7) is 0.801. The molecule has 0 spiro atoms. The maximum Gasteiger partial charge on any atom is 0.0782 e. The first kappa shape index (κ1) is 10.0. The predicted molar refractivity (Wildman–Crippen MR) is 50.7 cm³/mol. The highest BCUT2D eigenvalue weighted by molar-refractivity contribution is 5.02. The lowest BCUT2D eigenvalue weighted by Gasteiger charge is -2.18. The SMILES string of the molecule is CN(C)CC(NN)c1cnccn1. The number of rotatable bonds is 4. The maximum atomic E-state index is 5.41. The number of nitrogens with one attached hydrogen (secondary N) is 1. The molecule has 3 N–H and O–H groups in total. The molecule has 0 radical (unpaired) electrons. The van der Waals surface area contributed by atoms with E-state index in [1.54, 1.807) is 18.6 Å². The quantitative estimate of drug-likeness (QED) is 0.486. The molecule has 0 fully saturated rings. The first-order valence-corrected chi connectivity index (χ1v) is 4.11. The first-order valence-electron chi connectivity index (χ1n) is 4.11. The van der Waals surface area contributed by atoms with E-state index >= 15 is 0 Å². The minimum Gasteiger partial charge on any atom is -0.307 e. The fourth-order valence-electron chi connectivity index (χ4n) is 1.09. The van der Waals surface area contributed by atoms with Crippen LogP contribution in [-0.4, -0.2) is 35.5 Å². The topological polar surface area (TPSA) is 67.1 Å². The van der Waals surface area contributed by atoms with Crippen molar-refractivity contribution in [2.24, 2.45) is 5.84 Å². The Kier molecular flexibility index (Phi) is 3.75. The second-order valence-electron chi connectivity index (χ2n) is 3.11. The molecular formula is C8H15N5. The Bertz CT molecular complexity index is 236. The van der Waals surface area contributed by atoms with Crippen molar-refractivity contribution in [1.82, 2.24) is 20.3 Å². The van der Waals surface area contributed by atoms with Crippen LogP contribution in [0.3, 0.4) is 0 Å². The van der Waals surface area contributed by atoms with E-state index in [1.165, 1.54) is 0 Å². The summed E-state index contributed by atoms with van der Waals surface area (Å²) >= 11 is 0. The van der Waals surface area contributed by atoms with Gasteiger partial charge in [-0.05, 0) is 14.1 Å². The summed E-state index contributed by atoms with van der Waals surface area (Å²) in [6.07, 6.45) is 5.02. The lowest BCUT2D eigenvalue weighted by Crippen LogP contribution is -2.36. The molecule has 13 heavy (non-hydrogen) atoms. The van der Waals surface area contributed by atoms with Gasteiger partial charge in [0, 0.05) is 18.9 Å². The molecule has 1 aromatic heterocycles. The average Bonchev–Trinajstić information content (AvgIpc) is 2.15. The van der Waals surface area contributed by atoms with E-state index in [0.29, 0.717) is 0 Å². The fourth-order valence-corrected chi connectivity index (χ4v) is 1.09. The van der Waals surface area contributed by atoms with Gasteiger partial charge in [0.15, 0.2) is 0 Å². The van der Waals surface area contributed by atoms with Gasteiger partial charge >= 0.3 is 0 Å². The highest BCUT2D eigenvalue weighted by atomic mass is 15.3. The standard InChI is InChI=1S/C8H15N5/c1-13(2)6-8(12-9)7-5-10-3-4-11-7/h3-5,8,12H,6,9H2,1-2H3. The van der Waals surface area contributed by atoms with Gasteiger partial charge in [0.05, 0.1) is 17.9 Å². The summed E-state index contributed by atoms with van der Waals surface area (Å²) in [4.78, 5) is 10.2. The largest absolute Gasteiger partial charge is 0.307 e. The van der Waals surface area contributed by atoms with Crippen molar-refractivity contribution in [2.75, 3.05) is 20.6 Å². The Morgan fingerprint density at radius 2 is 2.31 bits per heavy atom. The molecule has 1 unspecified atom stereocenters. The molecule has 1 heterocycles. The van der Waals surface area contributed by atoms with Gasteiger partial charge in [-0.2, -0.15) is 0 Å². The van der Waals surface area contributed by atoms with Gasteiger partial charge in [-0.3, -0.25) is 21.2 Å². The van der Waals surface area contributed by atoms with Crippen LogP contribution in [0.4, 0.5) is 0 Å². The summed E-state index contributed by atoms with van der Waals surface area (Å²) in [5, 5.41) is 0. The molecule has 0 aliphatic carbocycles. The smallest absolute Gasteiger partial charge is 0.0782 e. The molecular weight excluding hydrogens is 166 g/mol. The monoisotopic (exact) mass is 181 g/mol. The van der Waals surface area contributed by atoms with Crippen LogP contribution >= 0.6 is 0 Å². The van der Waals surface area contributed by atoms with Crippen LogP contribution in [0.1, 0.15) is 11.7 Å². The molecule has 1 rings (SSSR count). The van der Waals surface area contributed by atoms with Crippen molar-refractivity contribution in [3.63, 3.8) is 0 Å². The number of nitrogens with two attached hydrogens (primary N) is 1. The Hall–Kier alpha value is -1.04. The molecule has 0 aliphatic rings. The number of hydrazine groups is 1. The molecule has 5 heteroatoms. The molecule has 0 amide bonds. The van der Waals surface area contributed by atoms with Crippen LogP contribution in [0.25, 0.3) is 0 Å². The number of aromatic nitrogens is 2. The van der Waals surface area contributed by atoms with Crippen LogP contribution in [0.15, 0.2) is 18.6 Å². The molecule has 5 nitrogen and oxygen atoms in total. The van der Waals surface area contributed by atoms with Gasteiger partial charge in [-0.15, -0.1) is 0 Å². The lowest BCUT2D eigenvalue weighted by atomic mass is 10.2. The zero-order chi connectivity index (χ0) is 9.68. The van der Waals surface area contributed by atoms with E-state index in [9.17, 15) is 0 Å². The van der Waals surface area contributed by atoms with Crippen molar-refractivity contribution in [3.8, 4) is 0 Å². The average molecular weight is 181 g/mol. The molecule has 0 saturated heterocycles. The third-order valence-electron chi connectivity index (χ3n) is 1.69. The molecule has 1 atom stereocenters. The summed E-state index contributed by atoms with van der Waals surface area (Å²) in [7, 11) is 3.97. The highest BCUT2D eigenvalue weighted by Gasteiger charge is 2.11. The van der Waals surface area contributed by atoms with E-state index in [4.69, 9.17) is 5.84 Å². The van der Waals surface area contributed by atoms with Crippen molar-refractivity contribution in [3.05, 3.63) is 24.3 Å². The minimum absolute atomic E-state index is 0.0312. The summed E-state index contributed by atoms with van der Waals surface area (Å²) in [6, 6.07) is 0.0312. The number of hydrogen-bond acceptors (Lipinski definition) is 5. The Labute approximate surface area is 78.0 Å². The van der Waals surface area contributed by atoms with Crippen LogP contribution in [0, 0.1) is 0 Å². The van der Waals surface area contributed by atoms with Gasteiger partial charge < -0.3 is 4.90 Å². The van der Waals surface area contributed by atoms with Gasteiger partial charge in [-0.25, -0.2) is 0 Å². The third-order valence-corrected chi connectivity index (χ3v) is 1.69. The minimum atomic E-state index is 0.0312. The Balaban J connectivity index is 2.67. The van der Waals surface area contributed by atoms with Gasteiger partial charge in [0.25, 0.3) is 0 Å². The van der Waals surface area contributed by atoms with E-state index in [2.05, 4.69) is 15.4 Å². The molecule has 0 bridgehead atoms. The van der Waals surface area contributed by atoms with Crippen molar-refractivity contribution >= 4 is 0 Å². The molecule has 0 aliphatic heterocycles. The number of nitrogens with zero attached hydrogens (tertiary/aromatic N) is 3. The summed E-state index contributed by atoms with van der Waals surface area (Å²) in [5.74, 6) is 5.41. The van der Waals surface area contributed by atoms with E-state index in [-0.39, 0.29) is 6.04 Å². The fraction of sp³-hybridized carbons (Fsp3) is 0.500. The van der Waals surface area contributed by atoms with Crippen LogP contribution < -0.4 is 11.3 Å². The lowest BCUT2D eigenvalue weighted by molar-refractivity contribution is 0.340. The van der Waals surface area contributed by atoms with E-state index < -0.39 is 0 Å². The molecule has 0 aromatic carbocycles. The van der Waals surface area contributed by atoms with Crippen LogP contribution in [0.5, 0.6) is 0 Å². The highest BCUT2D eigenvalue weighted by Crippen LogP contribution is 2.06. The van der Waals surface area contributed by atoms with Gasteiger partial charge in [-0.1, -0.05) is 0 Å². The van der Waals surface area contributed by atoms with E-state index in [0.717, 1.165) is 12.2 Å². The van der Waals surface area contributed by atoms with Crippen LogP contribution in [0.2, 0.25) is 0 Å². The zero-order valence-electron chi connectivity index (χ0n) is 7.94. The summed E-state index contributed by atoms with van der Waals surface area (Å²) in [5.41, 5.74) is 3.57. The van der Waals surface area contributed by atoms with Gasteiger partial charge in [0.2, 0.25) is 0 Å². The Morgan fingerprint density at radius 3 is 2.77 bits per heavy atom. The van der Waals surface area contributed by atoms with Crippen molar-refractivity contribution in [1.29, 1.82) is 0 Å². The number of likely N-dealkylation sites (N-methyl/N-ethyl adjacent to an activating group) is 1. The molecule has 72 valence electrons. The van der Waals surface area contributed by atoms with Crippen molar-refractivity contribution < 1.29 is 0 Å². The maximum absolute atomic E-state index is 5.41. The van der Waals surface area contributed by atoms with Crippen LogP contribution in [-0.2, 0) is 0 Å². The summed E-state index contributed by atoms with van der Waals surface area (Å²) < 4.78 is 0. The number of hydrogen-bond donors (Lipinski definition) is 2. The van der Waals surface area contributed by atoms with Crippen molar-refractivity contribution in [2.45, 2.75) is 6.04 Å². The first-order chi connectivity index (χ1) is 6.24. The molecule has 1 aromatic rings. The van der Waals surface area contributed by atoms with E-state index in [1.807, 2.05) is 19.0 Å². The Morgan fingerprint density at radius 1 is 1.54 bits per heavy atom. The van der Waals surface area contributed by atoms with Gasteiger partial charge in [0.1, 0.15) is 0 Å². The predicted octanol–water partition coefficient (Wildman–Crippen LogP) is -0.457. The second kappa shape index (κ2) is 4.86. The zero-order valence-corrected chi connectivity index (χ0v) is 7.94. The second-order valence-corrected chi connectivity index (χ2v) is 3.11. The third kappa shape index (κ3) is 3.06.